The quantitative estimate of drug-likeness (QED) is 0.822. The number of para-hydroxylation sites is 1. The predicted molar refractivity (Wildman–Crippen MR) is 86.7 cm³/mol. The summed E-state index contributed by atoms with van der Waals surface area (Å²) in [6.07, 6.45) is 3.67. The largest absolute Gasteiger partial charge is 0.480 e. The molecule has 6 nitrogen and oxygen atoms in total. The number of aryl methyl sites for hydroxylation is 1. The van der Waals surface area contributed by atoms with Gasteiger partial charge in [0.1, 0.15) is 6.04 Å². The zero-order valence-corrected chi connectivity index (χ0v) is 13.3. The normalized spacial score (nSPS) is 11.9. The lowest BCUT2D eigenvalue weighted by Crippen LogP contribution is -2.40. The van der Waals surface area contributed by atoms with E-state index in [1.165, 1.54) is 0 Å². The first-order chi connectivity index (χ1) is 11.0. The summed E-state index contributed by atoms with van der Waals surface area (Å²) in [5.74, 6) is -1.42. The van der Waals surface area contributed by atoms with Crippen LogP contribution in [0.1, 0.15) is 42.2 Å². The van der Waals surface area contributed by atoms with Crippen LogP contribution in [0, 0.1) is 6.92 Å². The van der Waals surface area contributed by atoms with E-state index in [0.717, 1.165) is 18.5 Å². The molecule has 23 heavy (non-hydrogen) atoms. The molecule has 0 saturated heterocycles. The highest BCUT2D eigenvalue weighted by atomic mass is 16.4. The number of carbonyl (C=O) groups excluding carboxylic acids is 1. The molecule has 1 aromatic heterocycles. The smallest absolute Gasteiger partial charge is 0.326 e. The Balaban J connectivity index is 2.16. The van der Waals surface area contributed by atoms with Crippen LogP contribution in [0.5, 0.6) is 0 Å². The highest BCUT2D eigenvalue weighted by Gasteiger charge is 2.22. The van der Waals surface area contributed by atoms with Gasteiger partial charge in [0, 0.05) is 6.20 Å². The Morgan fingerprint density at radius 3 is 2.61 bits per heavy atom. The van der Waals surface area contributed by atoms with Crippen molar-refractivity contribution in [3.63, 3.8) is 0 Å². The minimum Gasteiger partial charge on any atom is -0.480 e. The third kappa shape index (κ3) is 4.18. The average Bonchev–Trinajstić information content (AvgIpc) is 2.94. The summed E-state index contributed by atoms with van der Waals surface area (Å²) >= 11 is 0. The van der Waals surface area contributed by atoms with E-state index >= 15 is 0 Å². The van der Waals surface area contributed by atoms with Crippen molar-refractivity contribution in [1.29, 1.82) is 0 Å². The number of rotatable bonds is 7. The van der Waals surface area contributed by atoms with E-state index in [-0.39, 0.29) is 0 Å². The first-order valence-corrected chi connectivity index (χ1v) is 7.68. The van der Waals surface area contributed by atoms with Gasteiger partial charge >= 0.3 is 5.97 Å². The van der Waals surface area contributed by atoms with Gasteiger partial charge in [-0.05, 0) is 25.5 Å². The van der Waals surface area contributed by atoms with Crippen molar-refractivity contribution in [3.05, 3.63) is 47.8 Å². The lowest BCUT2D eigenvalue weighted by molar-refractivity contribution is -0.139. The maximum atomic E-state index is 12.4. The van der Waals surface area contributed by atoms with Gasteiger partial charge in [-0.3, -0.25) is 4.79 Å². The third-order valence-electron chi connectivity index (χ3n) is 3.61. The maximum Gasteiger partial charge on any atom is 0.326 e. The van der Waals surface area contributed by atoms with E-state index < -0.39 is 17.9 Å². The number of amides is 1. The number of benzene rings is 1. The molecule has 0 fully saturated rings. The summed E-state index contributed by atoms with van der Waals surface area (Å²) in [5.41, 5.74) is 1.79. The van der Waals surface area contributed by atoms with Gasteiger partial charge in [0.25, 0.3) is 5.91 Å². The van der Waals surface area contributed by atoms with Crippen LogP contribution in [0.3, 0.4) is 0 Å². The van der Waals surface area contributed by atoms with Gasteiger partial charge in [0.2, 0.25) is 0 Å². The van der Waals surface area contributed by atoms with Crippen LogP contribution in [0.25, 0.3) is 5.69 Å². The van der Waals surface area contributed by atoms with Crippen LogP contribution >= 0.6 is 0 Å². The summed E-state index contributed by atoms with van der Waals surface area (Å²) < 4.78 is 1.62. The Morgan fingerprint density at radius 1 is 1.30 bits per heavy atom. The van der Waals surface area contributed by atoms with Crippen molar-refractivity contribution in [2.75, 3.05) is 0 Å². The number of carboxylic acid groups (broad SMARTS) is 1. The van der Waals surface area contributed by atoms with Crippen molar-refractivity contribution >= 4 is 11.9 Å². The van der Waals surface area contributed by atoms with Gasteiger partial charge in [-0.25, -0.2) is 9.48 Å². The van der Waals surface area contributed by atoms with Gasteiger partial charge in [-0.2, -0.15) is 5.10 Å². The molecule has 0 aliphatic carbocycles. The molecule has 6 heteroatoms. The molecule has 1 heterocycles. The van der Waals surface area contributed by atoms with E-state index in [0.29, 0.717) is 17.7 Å². The number of aliphatic carboxylic acids is 1. The molecule has 1 amide bonds. The number of carboxylic acids is 1. The molecule has 0 bridgehead atoms. The lowest BCUT2D eigenvalue weighted by atomic mass is 10.1. The summed E-state index contributed by atoms with van der Waals surface area (Å²) in [6, 6.07) is 8.57. The predicted octanol–water partition coefficient (Wildman–Crippen LogP) is 2.55. The van der Waals surface area contributed by atoms with E-state index in [9.17, 15) is 14.7 Å². The number of aromatic nitrogens is 2. The molecule has 0 spiro atoms. The highest BCUT2D eigenvalue weighted by Crippen LogP contribution is 2.12. The summed E-state index contributed by atoms with van der Waals surface area (Å²) in [7, 11) is 0. The van der Waals surface area contributed by atoms with Crippen LogP contribution < -0.4 is 5.32 Å². The Hall–Kier alpha value is -2.63. The maximum absolute atomic E-state index is 12.4. The number of nitrogens with one attached hydrogen (secondary N) is 1. The van der Waals surface area contributed by atoms with Crippen molar-refractivity contribution in [1.82, 2.24) is 15.1 Å². The molecule has 0 aliphatic rings. The van der Waals surface area contributed by atoms with Crippen molar-refractivity contribution in [3.8, 4) is 5.69 Å². The first kappa shape index (κ1) is 16.7. The van der Waals surface area contributed by atoms with Gasteiger partial charge in [-0.15, -0.1) is 0 Å². The summed E-state index contributed by atoms with van der Waals surface area (Å²) in [6.45, 7) is 3.71. The van der Waals surface area contributed by atoms with Gasteiger partial charge in [-0.1, -0.05) is 38.0 Å². The molecule has 1 atom stereocenters. The van der Waals surface area contributed by atoms with Crippen LogP contribution in [0.4, 0.5) is 0 Å². The number of unbranched alkanes of at least 4 members (excludes halogenated alkanes) is 1. The summed E-state index contributed by atoms with van der Waals surface area (Å²) in [5, 5.41) is 16.1. The molecule has 2 N–H and O–H groups in total. The van der Waals surface area contributed by atoms with Crippen LogP contribution in [0.15, 0.2) is 36.5 Å². The Morgan fingerprint density at radius 2 is 2.00 bits per heavy atom. The van der Waals surface area contributed by atoms with Crippen LogP contribution in [-0.4, -0.2) is 32.8 Å². The zero-order chi connectivity index (χ0) is 16.8. The van der Waals surface area contributed by atoms with Gasteiger partial charge in [0.15, 0.2) is 0 Å². The number of nitrogens with zero attached hydrogens (tertiary/aromatic N) is 2. The number of hydrogen-bond acceptors (Lipinski definition) is 3. The van der Waals surface area contributed by atoms with E-state index in [1.807, 2.05) is 37.3 Å². The van der Waals surface area contributed by atoms with Crippen LogP contribution in [-0.2, 0) is 4.79 Å². The molecule has 0 radical (unpaired) electrons. The monoisotopic (exact) mass is 315 g/mol. The standard InChI is InChI=1S/C17H21N3O3/c1-3-4-10-15(17(22)23)18-16(21)14-11-20(19-12(14)2)13-8-6-5-7-9-13/h5-9,11,15H,3-4,10H2,1-2H3,(H,18,21)(H,22,23). The topological polar surface area (TPSA) is 84.2 Å². The minimum atomic E-state index is -1.01. The van der Waals surface area contributed by atoms with Gasteiger partial charge in [0.05, 0.1) is 16.9 Å². The Bertz CT molecular complexity index is 680. The number of carbonyl (C=O) groups is 2. The molecular weight excluding hydrogens is 294 g/mol. The van der Waals surface area contributed by atoms with Crippen LogP contribution in [0.2, 0.25) is 0 Å². The molecular formula is C17H21N3O3. The molecule has 0 saturated carbocycles. The second-order valence-electron chi connectivity index (χ2n) is 5.41. The highest BCUT2D eigenvalue weighted by molar-refractivity contribution is 5.97. The molecule has 0 aliphatic heterocycles. The summed E-state index contributed by atoms with van der Waals surface area (Å²) in [4.78, 5) is 23.6. The fraction of sp³-hybridized carbons (Fsp3) is 0.353. The SMILES string of the molecule is CCCCC(NC(=O)c1cn(-c2ccccc2)nc1C)C(=O)O. The van der Waals surface area contributed by atoms with Crippen molar-refractivity contribution < 1.29 is 14.7 Å². The minimum absolute atomic E-state index is 0.386. The lowest BCUT2D eigenvalue weighted by Gasteiger charge is -2.13. The first-order valence-electron chi connectivity index (χ1n) is 7.68. The molecule has 2 rings (SSSR count). The molecule has 1 unspecified atom stereocenters. The van der Waals surface area contributed by atoms with Crippen molar-refractivity contribution in [2.24, 2.45) is 0 Å². The second kappa shape index (κ2) is 7.58. The molecule has 1 aromatic carbocycles. The zero-order valence-electron chi connectivity index (χ0n) is 13.3. The Labute approximate surface area is 135 Å². The molecule has 122 valence electrons. The van der Waals surface area contributed by atoms with E-state index in [2.05, 4.69) is 10.4 Å². The second-order valence-corrected chi connectivity index (χ2v) is 5.41. The number of hydrogen-bond donors (Lipinski definition) is 2. The molecule has 2 aromatic rings. The third-order valence-corrected chi connectivity index (χ3v) is 3.61. The fourth-order valence-corrected chi connectivity index (χ4v) is 2.30. The van der Waals surface area contributed by atoms with E-state index in [4.69, 9.17) is 0 Å². The van der Waals surface area contributed by atoms with Crippen molar-refractivity contribution in [2.45, 2.75) is 39.2 Å². The average molecular weight is 315 g/mol. The van der Waals surface area contributed by atoms with E-state index in [1.54, 1.807) is 17.8 Å². The van der Waals surface area contributed by atoms with Gasteiger partial charge < -0.3 is 10.4 Å². The Kier molecular flexibility index (Phi) is 5.51. The fourth-order valence-electron chi connectivity index (χ4n) is 2.30.